The first-order valence-electron chi connectivity index (χ1n) is 3.26. The van der Waals surface area contributed by atoms with Gasteiger partial charge in [-0.25, -0.2) is 0 Å². The Hall–Kier alpha value is 0.354. The third-order valence-corrected chi connectivity index (χ3v) is 1.76. The van der Waals surface area contributed by atoms with Gasteiger partial charge in [-0.2, -0.15) is 0 Å². The lowest BCUT2D eigenvalue weighted by atomic mass is 11.8. The van der Waals surface area contributed by atoms with Crippen molar-refractivity contribution in [3.8, 4) is 0 Å². The summed E-state index contributed by atoms with van der Waals surface area (Å²) in [6, 6.07) is 0. The molecule has 9 heavy (non-hydrogen) atoms. The van der Waals surface area contributed by atoms with Crippen molar-refractivity contribution in [2.45, 2.75) is 32.7 Å². The highest BCUT2D eigenvalue weighted by Gasteiger charge is 2.16. The molecule has 0 aromatic heterocycles. The molecule has 0 unspecified atom stereocenters. The standard InChI is InChI=1S/C5H16O2Si2/c1-8(2)6-7-9(3,4)5/h8H,1-5H3. The maximum Gasteiger partial charge on any atom is 0.228 e. The van der Waals surface area contributed by atoms with Crippen molar-refractivity contribution >= 4 is 17.4 Å². The van der Waals surface area contributed by atoms with E-state index in [0.29, 0.717) is 0 Å². The van der Waals surface area contributed by atoms with E-state index in [9.17, 15) is 0 Å². The van der Waals surface area contributed by atoms with Crippen molar-refractivity contribution in [2.24, 2.45) is 0 Å². The first-order chi connectivity index (χ1) is 3.92. The van der Waals surface area contributed by atoms with Gasteiger partial charge >= 0.3 is 0 Å². The molecule has 0 aliphatic carbocycles. The first-order valence-corrected chi connectivity index (χ1v) is 9.45. The smallest absolute Gasteiger partial charge is 0.228 e. The largest absolute Gasteiger partial charge is 0.302 e. The molecule has 4 heteroatoms. The van der Waals surface area contributed by atoms with Gasteiger partial charge in [0.15, 0.2) is 0 Å². The highest BCUT2D eigenvalue weighted by Crippen LogP contribution is 2.03. The molecule has 0 atom stereocenters. The zero-order chi connectivity index (χ0) is 7.49. The lowest BCUT2D eigenvalue weighted by Crippen LogP contribution is -2.28. The minimum absolute atomic E-state index is 0.958. The number of hydrogen-bond donors (Lipinski definition) is 0. The Kier molecular flexibility index (Phi) is 3.64. The van der Waals surface area contributed by atoms with E-state index < -0.39 is 17.4 Å². The fourth-order valence-electron chi connectivity index (χ4n) is 0.241. The van der Waals surface area contributed by atoms with Gasteiger partial charge in [-0.15, -0.1) is 0 Å². The summed E-state index contributed by atoms with van der Waals surface area (Å²) in [7, 11) is -2.37. The van der Waals surface area contributed by atoms with Crippen LogP contribution in [0.2, 0.25) is 32.7 Å². The zero-order valence-corrected chi connectivity index (χ0v) is 9.05. The highest BCUT2D eigenvalue weighted by atomic mass is 28.4. The predicted molar refractivity (Wildman–Crippen MR) is 44.4 cm³/mol. The summed E-state index contributed by atoms with van der Waals surface area (Å²) in [5.41, 5.74) is 0. The van der Waals surface area contributed by atoms with E-state index in [1.165, 1.54) is 0 Å². The van der Waals surface area contributed by atoms with Crippen LogP contribution >= 0.6 is 0 Å². The quantitative estimate of drug-likeness (QED) is 0.359. The minimum atomic E-state index is -1.41. The maximum atomic E-state index is 5.19. The van der Waals surface area contributed by atoms with Crippen molar-refractivity contribution in [1.29, 1.82) is 0 Å². The van der Waals surface area contributed by atoms with Gasteiger partial charge < -0.3 is 4.58 Å². The Morgan fingerprint density at radius 1 is 1.11 bits per heavy atom. The molecule has 0 spiro atoms. The lowest BCUT2D eigenvalue weighted by molar-refractivity contribution is -0.116. The van der Waals surface area contributed by atoms with Gasteiger partial charge in [0.2, 0.25) is 17.4 Å². The summed E-state index contributed by atoms with van der Waals surface area (Å²) in [5, 5.41) is 0. The molecule has 2 nitrogen and oxygen atoms in total. The topological polar surface area (TPSA) is 18.5 Å². The summed E-state index contributed by atoms with van der Waals surface area (Å²) < 4.78 is 10.3. The van der Waals surface area contributed by atoms with Crippen LogP contribution in [0.25, 0.3) is 0 Å². The van der Waals surface area contributed by atoms with Gasteiger partial charge in [-0.3, -0.25) is 4.58 Å². The Bertz CT molecular complexity index is 77.5. The van der Waals surface area contributed by atoms with Crippen LogP contribution in [0.4, 0.5) is 0 Å². The minimum Gasteiger partial charge on any atom is -0.302 e. The molecule has 0 saturated carbocycles. The molecular weight excluding hydrogens is 148 g/mol. The van der Waals surface area contributed by atoms with E-state index in [1.807, 2.05) is 0 Å². The van der Waals surface area contributed by atoms with Crippen molar-refractivity contribution in [3.63, 3.8) is 0 Å². The summed E-state index contributed by atoms with van der Waals surface area (Å²) in [4.78, 5) is 0. The molecule has 0 radical (unpaired) electrons. The van der Waals surface area contributed by atoms with Gasteiger partial charge in [-0.1, -0.05) is 0 Å². The van der Waals surface area contributed by atoms with Crippen LogP contribution in [0.5, 0.6) is 0 Å². The van der Waals surface area contributed by atoms with Crippen molar-refractivity contribution in [3.05, 3.63) is 0 Å². The molecule has 0 aromatic carbocycles. The number of rotatable bonds is 3. The average Bonchev–Trinajstić information content (AvgIpc) is 1.59. The van der Waals surface area contributed by atoms with E-state index in [-0.39, 0.29) is 0 Å². The fraction of sp³-hybridized carbons (Fsp3) is 1.00. The van der Waals surface area contributed by atoms with E-state index in [1.54, 1.807) is 0 Å². The van der Waals surface area contributed by atoms with Gasteiger partial charge in [0.05, 0.1) is 0 Å². The summed E-state index contributed by atoms with van der Waals surface area (Å²) in [6.45, 7) is 10.5. The van der Waals surface area contributed by atoms with Crippen LogP contribution in [0.1, 0.15) is 0 Å². The molecule has 56 valence electrons. The van der Waals surface area contributed by atoms with E-state index in [2.05, 4.69) is 32.7 Å². The van der Waals surface area contributed by atoms with Crippen LogP contribution in [0.15, 0.2) is 0 Å². The van der Waals surface area contributed by atoms with E-state index >= 15 is 0 Å². The Morgan fingerprint density at radius 2 is 1.56 bits per heavy atom. The molecule has 0 heterocycles. The van der Waals surface area contributed by atoms with Crippen LogP contribution in [0, 0.1) is 0 Å². The predicted octanol–water partition coefficient (Wildman–Crippen LogP) is 1.75. The lowest BCUT2D eigenvalue weighted by Gasteiger charge is -2.17. The summed E-state index contributed by atoms with van der Waals surface area (Å²) >= 11 is 0. The normalized spacial score (nSPS) is 12.7. The molecule has 0 fully saturated rings. The van der Waals surface area contributed by atoms with Crippen LogP contribution in [-0.4, -0.2) is 17.4 Å². The Balaban J connectivity index is 3.28. The number of hydrogen-bond acceptors (Lipinski definition) is 2. The molecule has 0 rings (SSSR count). The maximum absolute atomic E-state index is 5.19. The van der Waals surface area contributed by atoms with E-state index in [4.69, 9.17) is 9.15 Å². The van der Waals surface area contributed by atoms with Gasteiger partial charge in [0, 0.05) is 0 Å². The molecule has 0 amide bonds. The Morgan fingerprint density at radius 3 is 1.67 bits per heavy atom. The van der Waals surface area contributed by atoms with Crippen LogP contribution in [0.3, 0.4) is 0 Å². The van der Waals surface area contributed by atoms with Crippen molar-refractivity contribution < 1.29 is 9.15 Å². The molecule has 0 aromatic rings. The molecule has 0 bridgehead atoms. The SMILES string of the molecule is C[SiH](C)OO[Si](C)(C)C. The second-order valence-electron chi connectivity index (χ2n) is 3.34. The van der Waals surface area contributed by atoms with E-state index in [0.717, 1.165) is 0 Å². The highest BCUT2D eigenvalue weighted by molar-refractivity contribution is 6.69. The molecule has 0 aliphatic rings. The van der Waals surface area contributed by atoms with Gasteiger partial charge in [-0.05, 0) is 32.7 Å². The van der Waals surface area contributed by atoms with Gasteiger partial charge in [0.25, 0.3) is 0 Å². The Labute approximate surface area is 60.0 Å². The molecular formula is C5H16O2Si2. The third kappa shape index (κ3) is 8.35. The second-order valence-corrected chi connectivity index (χ2v) is 10.0. The zero-order valence-electron chi connectivity index (χ0n) is 6.89. The van der Waals surface area contributed by atoms with Crippen molar-refractivity contribution in [1.82, 2.24) is 0 Å². The average molecular weight is 164 g/mol. The van der Waals surface area contributed by atoms with Gasteiger partial charge in [0.1, 0.15) is 0 Å². The molecule has 0 N–H and O–H groups in total. The van der Waals surface area contributed by atoms with Crippen LogP contribution < -0.4 is 0 Å². The molecule has 0 aliphatic heterocycles. The first kappa shape index (κ1) is 9.35. The second kappa shape index (κ2) is 3.50. The third-order valence-electron chi connectivity index (χ3n) is 0.491. The summed E-state index contributed by atoms with van der Waals surface area (Å²) in [5.74, 6) is 0. The summed E-state index contributed by atoms with van der Waals surface area (Å²) in [6.07, 6.45) is 0. The fourth-order valence-corrected chi connectivity index (χ4v) is 2.17. The van der Waals surface area contributed by atoms with Crippen LogP contribution in [-0.2, 0) is 9.15 Å². The van der Waals surface area contributed by atoms with Crippen molar-refractivity contribution in [2.75, 3.05) is 0 Å². The molecule has 0 saturated heterocycles. The monoisotopic (exact) mass is 164 g/mol.